The van der Waals surface area contributed by atoms with Gasteiger partial charge in [0.15, 0.2) is 0 Å². The molecule has 1 aliphatic carbocycles. The molecule has 1 aromatic rings. The topological polar surface area (TPSA) is 99.7 Å². The van der Waals surface area contributed by atoms with Crippen LogP contribution in [0.1, 0.15) is 69.4 Å². The number of amidine groups is 1. The standard InChI is InChI=1S/C24H36N4O3/c1-16(2)31-23(29)20-8-10-21(11-9-20)27(3)24(30)28-14-12-18(13-15-28)17-4-6-19(7-5-17)22(25)26/h4-7,16,18,20-21H,8-15H2,1-3H3,(H3,25,26). The van der Waals surface area contributed by atoms with Crippen molar-refractivity contribution in [3.05, 3.63) is 35.4 Å². The molecule has 3 N–H and O–H groups in total. The van der Waals surface area contributed by atoms with Crippen molar-refractivity contribution in [2.45, 2.75) is 70.4 Å². The van der Waals surface area contributed by atoms with Crippen molar-refractivity contribution in [2.24, 2.45) is 11.7 Å². The minimum atomic E-state index is -0.0964. The van der Waals surface area contributed by atoms with Crippen LogP contribution >= 0.6 is 0 Å². The molecule has 0 bridgehead atoms. The van der Waals surface area contributed by atoms with Crippen LogP contribution < -0.4 is 5.73 Å². The fourth-order valence-corrected chi connectivity index (χ4v) is 4.75. The van der Waals surface area contributed by atoms with E-state index in [1.165, 1.54) is 5.56 Å². The summed E-state index contributed by atoms with van der Waals surface area (Å²) < 4.78 is 5.35. The molecule has 7 nitrogen and oxygen atoms in total. The number of nitrogens with one attached hydrogen (secondary N) is 1. The molecular formula is C24H36N4O3. The molecule has 1 saturated heterocycles. The summed E-state index contributed by atoms with van der Waals surface area (Å²) in [5, 5.41) is 7.51. The molecular weight excluding hydrogens is 392 g/mol. The second-order valence-corrected chi connectivity index (χ2v) is 9.18. The first kappa shape index (κ1) is 23.1. The molecule has 7 heteroatoms. The molecule has 1 aliphatic heterocycles. The van der Waals surface area contributed by atoms with Crippen LogP contribution in [0.2, 0.25) is 0 Å². The van der Waals surface area contributed by atoms with Gasteiger partial charge in [0.1, 0.15) is 5.84 Å². The summed E-state index contributed by atoms with van der Waals surface area (Å²) in [7, 11) is 1.90. The maximum Gasteiger partial charge on any atom is 0.319 e. The molecule has 2 amide bonds. The van der Waals surface area contributed by atoms with Gasteiger partial charge in [-0.25, -0.2) is 4.79 Å². The van der Waals surface area contributed by atoms with E-state index in [1.807, 2.05) is 55.0 Å². The lowest BCUT2D eigenvalue weighted by Crippen LogP contribution is -2.49. The van der Waals surface area contributed by atoms with Crippen LogP contribution in [-0.4, -0.2) is 59.9 Å². The lowest BCUT2D eigenvalue weighted by atomic mass is 9.85. The largest absolute Gasteiger partial charge is 0.463 e. The third-order valence-corrected chi connectivity index (χ3v) is 6.69. The van der Waals surface area contributed by atoms with Gasteiger partial charge in [-0.15, -0.1) is 0 Å². The number of esters is 1. The van der Waals surface area contributed by atoms with E-state index in [9.17, 15) is 9.59 Å². The van der Waals surface area contributed by atoms with Crippen LogP contribution in [0, 0.1) is 11.3 Å². The fraction of sp³-hybridized carbons (Fsp3) is 0.625. The Balaban J connectivity index is 1.47. The summed E-state index contributed by atoms with van der Waals surface area (Å²) >= 11 is 0. The first-order valence-electron chi connectivity index (χ1n) is 11.4. The molecule has 0 radical (unpaired) electrons. The van der Waals surface area contributed by atoms with Gasteiger partial charge in [0, 0.05) is 31.7 Å². The number of nitrogens with two attached hydrogens (primary N) is 1. The van der Waals surface area contributed by atoms with Crippen molar-refractivity contribution < 1.29 is 14.3 Å². The summed E-state index contributed by atoms with van der Waals surface area (Å²) in [5.41, 5.74) is 7.52. The van der Waals surface area contributed by atoms with Crippen molar-refractivity contribution in [3.8, 4) is 0 Å². The summed E-state index contributed by atoms with van der Waals surface area (Å²) in [4.78, 5) is 29.0. The normalized spacial score (nSPS) is 22.3. The zero-order valence-electron chi connectivity index (χ0n) is 19.0. The van der Waals surface area contributed by atoms with Gasteiger partial charge in [0.25, 0.3) is 0 Å². The number of likely N-dealkylation sites (tertiary alicyclic amines) is 1. The number of carbonyl (C=O) groups is 2. The van der Waals surface area contributed by atoms with Gasteiger partial charge in [-0.3, -0.25) is 10.2 Å². The molecule has 3 rings (SSSR count). The zero-order valence-corrected chi connectivity index (χ0v) is 19.0. The monoisotopic (exact) mass is 428 g/mol. The Labute approximate surface area is 185 Å². The number of nitrogen functional groups attached to an aromatic ring is 1. The number of urea groups is 1. The number of hydrogen-bond acceptors (Lipinski definition) is 4. The van der Waals surface area contributed by atoms with E-state index in [0.29, 0.717) is 5.92 Å². The summed E-state index contributed by atoms with van der Waals surface area (Å²) in [6.07, 6.45) is 5.06. The Morgan fingerprint density at radius 2 is 1.65 bits per heavy atom. The number of piperidine rings is 1. The molecule has 170 valence electrons. The van der Waals surface area contributed by atoms with Gasteiger partial charge in [-0.2, -0.15) is 0 Å². The number of carbonyl (C=O) groups excluding carboxylic acids is 2. The van der Waals surface area contributed by atoms with Gasteiger partial charge in [-0.05, 0) is 63.9 Å². The second-order valence-electron chi connectivity index (χ2n) is 9.18. The quantitative estimate of drug-likeness (QED) is 0.424. The van der Waals surface area contributed by atoms with Gasteiger partial charge in [0.2, 0.25) is 0 Å². The highest BCUT2D eigenvalue weighted by Gasteiger charge is 2.33. The predicted molar refractivity (Wildman–Crippen MR) is 121 cm³/mol. The van der Waals surface area contributed by atoms with Gasteiger partial charge >= 0.3 is 12.0 Å². The van der Waals surface area contributed by atoms with Gasteiger partial charge in [0.05, 0.1) is 12.0 Å². The number of rotatable bonds is 5. The van der Waals surface area contributed by atoms with Gasteiger partial charge < -0.3 is 20.3 Å². The van der Waals surface area contributed by atoms with E-state index in [4.69, 9.17) is 15.9 Å². The van der Waals surface area contributed by atoms with Crippen molar-refractivity contribution in [1.29, 1.82) is 5.41 Å². The summed E-state index contributed by atoms with van der Waals surface area (Å²) in [6, 6.07) is 8.18. The third kappa shape index (κ3) is 5.77. The summed E-state index contributed by atoms with van der Waals surface area (Å²) in [5.74, 6) is 0.381. The molecule has 31 heavy (non-hydrogen) atoms. The van der Waals surface area contributed by atoms with Crippen molar-refractivity contribution in [3.63, 3.8) is 0 Å². The van der Waals surface area contributed by atoms with E-state index in [-0.39, 0.29) is 35.9 Å². The molecule has 1 aromatic carbocycles. The maximum atomic E-state index is 13.0. The Kier molecular flexibility index (Phi) is 7.57. The minimum absolute atomic E-state index is 0.0349. The Hall–Kier alpha value is -2.57. The van der Waals surface area contributed by atoms with Gasteiger partial charge in [-0.1, -0.05) is 24.3 Å². The lowest BCUT2D eigenvalue weighted by molar-refractivity contribution is -0.153. The Morgan fingerprint density at radius 1 is 1.06 bits per heavy atom. The highest BCUT2D eigenvalue weighted by atomic mass is 16.5. The van der Waals surface area contributed by atoms with E-state index >= 15 is 0 Å². The van der Waals surface area contributed by atoms with Crippen molar-refractivity contribution >= 4 is 17.8 Å². The maximum absolute atomic E-state index is 13.0. The first-order chi connectivity index (χ1) is 14.8. The van der Waals surface area contributed by atoms with E-state index in [2.05, 4.69) is 0 Å². The highest BCUT2D eigenvalue weighted by Crippen LogP contribution is 2.31. The Morgan fingerprint density at radius 3 is 2.16 bits per heavy atom. The number of ether oxygens (including phenoxy) is 1. The first-order valence-corrected chi connectivity index (χ1v) is 11.4. The SMILES string of the molecule is CC(C)OC(=O)C1CCC(N(C)C(=O)N2CCC(c3ccc(C(=N)N)cc3)CC2)CC1. The summed E-state index contributed by atoms with van der Waals surface area (Å²) in [6.45, 7) is 5.25. The third-order valence-electron chi connectivity index (χ3n) is 6.69. The number of hydrogen-bond donors (Lipinski definition) is 2. The lowest BCUT2D eigenvalue weighted by Gasteiger charge is -2.39. The van der Waals surface area contributed by atoms with Crippen LogP contribution in [0.15, 0.2) is 24.3 Å². The number of nitrogens with zero attached hydrogens (tertiary/aromatic N) is 2. The fourth-order valence-electron chi connectivity index (χ4n) is 4.75. The second kappa shape index (κ2) is 10.2. The van der Waals surface area contributed by atoms with Crippen LogP contribution in [0.5, 0.6) is 0 Å². The molecule has 0 atom stereocenters. The number of benzene rings is 1. The molecule has 2 aliphatic rings. The molecule has 0 unspecified atom stereocenters. The average molecular weight is 429 g/mol. The zero-order chi connectivity index (χ0) is 22.5. The van der Waals surface area contributed by atoms with Crippen molar-refractivity contribution in [1.82, 2.24) is 9.80 Å². The van der Waals surface area contributed by atoms with Crippen LogP contribution in [0.4, 0.5) is 4.79 Å². The molecule has 1 heterocycles. The Bertz CT molecular complexity index is 777. The minimum Gasteiger partial charge on any atom is -0.463 e. The smallest absolute Gasteiger partial charge is 0.319 e. The predicted octanol–water partition coefficient (Wildman–Crippen LogP) is 3.71. The molecule has 0 aromatic heterocycles. The highest BCUT2D eigenvalue weighted by molar-refractivity contribution is 5.94. The number of amides is 2. The van der Waals surface area contributed by atoms with Crippen LogP contribution in [0.25, 0.3) is 0 Å². The average Bonchev–Trinajstić information content (AvgIpc) is 2.78. The van der Waals surface area contributed by atoms with Crippen LogP contribution in [-0.2, 0) is 9.53 Å². The molecule has 0 spiro atoms. The van der Waals surface area contributed by atoms with E-state index in [0.717, 1.165) is 57.2 Å². The van der Waals surface area contributed by atoms with E-state index < -0.39 is 0 Å². The van der Waals surface area contributed by atoms with Crippen LogP contribution in [0.3, 0.4) is 0 Å². The van der Waals surface area contributed by atoms with Crippen molar-refractivity contribution in [2.75, 3.05) is 20.1 Å². The van der Waals surface area contributed by atoms with E-state index in [1.54, 1.807) is 0 Å². The molecule has 2 fully saturated rings. The molecule has 1 saturated carbocycles.